The lowest BCUT2D eigenvalue weighted by Crippen LogP contribution is -2.44. The summed E-state index contributed by atoms with van der Waals surface area (Å²) in [5, 5.41) is 7.85. The summed E-state index contributed by atoms with van der Waals surface area (Å²) in [4.78, 5) is 13.7. The van der Waals surface area contributed by atoms with Gasteiger partial charge in [0.25, 0.3) is 0 Å². The molecule has 1 aliphatic carbocycles. The monoisotopic (exact) mass is 380 g/mol. The summed E-state index contributed by atoms with van der Waals surface area (Å²) in [6.45, 7) is 1.66. The minimum absolute atomic E-state index is 0.248. The zero-order chi connectivity index (χ0) is 19.3. The van der Waals surface area contributed by atoms with E-state index in [1.165, 1.54) is 0 Å². The normalized spacial score (nSPS) is 19.2. The van der Waals surface area contributed by atoms with Crippen molar-refractivity contribution in [1.29, 1.82) is 0 Å². The maximum atomic E-state index is 12.9. The predicted octanol–water partition coefficient (Wildman–Crippen LogP) is 2.32. The summed E-state index contributed by atoms with van der Waals surface area (Å²) < 4.78 is 16.5. The Morgan fingerprint density at radius 2 is 2.11 bits per heavy atom. The van der Waals surface area contributed by atoms with Crippen LogP contribution >= 0.6 is 0 Å². The van der Waals surface area contributed by atoms with Crippen LogP contribution in [-0.2, 0) is 6.54 Å². The predicted molar refractivity (Wildman–Crippen MR) is 105 cm³/mol. The van der Waals surface area contributed by atoms with E-state index in [9.17, 15) is 4.39 Å². The van der Waals surface area contributed by atoms with Gasteiger partial charge in [-0.1, -0.05) is 0 Å². The third-order valence-corrected chi connectivity index (χ3v) is 5.29. The molecule has 0 unspecified atom stereocenters. The zero-order valence-corrected chi connectivity index (χ0v) is 15.5. The van der Waals surface area contributed by atoms with Crippen molar-refractivity contribution in [2.24, 2.45) is 5.73 Å². The van der Waals surface area contributed by atoms with Crippen molar-refractivity contribution in [1.82, 2.24) is 29.1 Å². The van der Waals surface area contributed by atoms with Gasteiger partial charge in [-0.15, -0.1) is 5.10 Å². The van der Waals surface area contributed by atoms with Crippen LogP contribution < -0.4 is 11.1 Å². The summed E-state index contributed by atoms with van der Waals surface area (Å²) >= 11 is 0. The van der Waals surface area contributed by atoms with E-state index < -0.39 is 6.67 Å². The Morgan fingerprint density at radius 3 is 2.89 bits per heavy atom. The van der Waals surface area contributed by atoms with Gasteiger partial charge >= 0.3 is 0 Å². The second-order valence-electron chi connectivity index (χ2n) is 7.25. The van der Waals surface area contributed by atoms with Gasteiger partial charge in [-0.2, -0.15) is 0 Å². The molecule has 1 saturated carbocycles. The topological polar surface area (TPSA) is 98.9 Å². The number of fused-ring (bicyclic) bond motifs is 2. The van der Waals surface area contributed by atoms with Crippen molar-refractivity contribution in [2.45, 2.75) is 38.4 Å². The number of aromatic nitrogens is 6. The van der Waals surface area contributed by atoms with Crippen LogP contribution in [0.2, 0.25) is 0 Å². The molecule has 3 N–H and O–H groups in total. The van der Waals surface area contributed by atoms with Gasteiger partial charge in [0.15, 0.2) is 5.65 Å². The lowest BCUT2D eigenvalue weighted by molar-refractivity contribution is 0.371. The van der Waals surface area contributed by atoms with Gasteiger partial charge in [-0.25, -0.2) is 23.9 Å². The Balaban J connectivity index is 1.51. The average molecular weight is 380 g/mol. The van der Waals surface area contributed by atoms with Crippen molar-refractivity contribution in [2.75, 3.05) is 12.0 Å². The van der Waals surface area contributed by atoms with Crippen LogP contribution in [-0.4, -0.2) is 47.9 Å². The second kappa shape index (κ2) is 6.52. The quantitative estimate of drug-likeness (QED) is 0.551. The molecule has 4 aromatic rings. The molecule has 4 heterocycles. The molecule has 5 rings (SSSR count). The first-order chi connectivity index (χ1) is 13.6. The Kier molecular flexibility index (Phi) is 3.97. The third kappa shape index (κ3) is 2.78. The Labute approximate surface area is 160 Å². The molecule has 0 aliphatic heterocycles. The maximum absolute atomic E-state index is 12.9. The van der Waals surface area contributed by atoms with Gasteiger partial charge < -0.3 is 15.6 Å². The number of halogens is 1. The molecular weight excluding hydrogens is 359 g/mol. The van der Waals surface area contributed by atoms with Crippen LogP contribution in [0.4, 0.5) is 10.3 Å². The first kappa shape index (κ1) is 17.1. The highest BCUT2D eigenvalue weighted by molar-refractivity contribution is 5.82. The highest BCUT2D eigenvalue weighted by Crippen LogP contribution is 2.27. The Bertz CT molecular complexity index is 1160. The zero-order valence-electron chi connectivity index (χ0n) is 15.5. The molecule has 1 aliphatic rings. The van der Waals surface area contributed by atoms with E-state index in [0.717, 1.165) is 41.0 Å². The number of rotatable bonds is 5. The number of anilines is 1. The third-order valence-electron chi connectivity index (χ3n) is 5.29. The van der Waals surface area contributed by atoms with Crippen molar-refractivity contribution in [3.05, 3.63) is 36.4 Å². The number of nitrogens with two attached hydrogens (primary N) is 1. The minimum atomic E-state index is -0.455. The summed E-state index contributed by atoms with van der Waals surface area (Å²) in [5.41, 5.74) is 9.84. The molecule has 4 aromatic heterocycles. The van der Waals surface area contributed by atoms with E-state index in [1.807, 2.05) is 31.3 Å². The number of alkyl halides is 1. The number of hydrogen-bond donors (Lipinski definition) is 2. The number of pyridine rings is 1. The molecule has 0 bridgehead atoms. The standard InChI is InChI=1S/C19H21FN8/c1-11-23-16-3-2-15(25-18(16)27(11)7-5-20)14-4-6-28-17(14)10-22-19(26-28)24-13-8-12(21)9-13/h2-4,6,10,12-13H,5,7-9,21H2,1H3,(H,24,26)/t12-,13+. The molecule has 0 amide bonds. The number of nitrogens with one attached hydrogen (secondary N) is 1. The summed E-state index contributed by atoms with van der Waals surface area (Å²) in [6.07, 6.45) is 5.56. The van der Waals surface area contributed by atoms with Crippen LogP contribution in [0.5, 0.6) is 0 Å². The molecule has 0 saturated heterocycles. The molecule has 9 heteroatoms. The smallest absolute Gasteiger partial charge is 0.241 e. The SMILES string of the molecule is Cc1nc2ccc(-c3ccn4nc(N[C@H]5C[C@@H](N)C5)ncc34)nc2n1CCF. The minimum Gasteiger partial charge on any atom is -0.350 e. The number of nitrogens with zero attached hydrogens (tertiary/aromatic N) is 6. The molecule has 0 spiro atoms. The van der Waals surface area contributed by atoms with Crippen molar-refractivity contribution < 1.29 is 4.39 Å². The van der Waals surface area contributed by atoms with Crippen LogP contribution in [0.25, 0.3) is 27.9 Å². The van der Waals surface area contributed by atoms with Gasteiger partial charge in [0.1, 0.15) is 18.0 Å². The fraction of sp³-hybridized carbons (Fsp3) is 0.368. The number of hydrogen-bond acceptors (Lipinski definition) is 6. The van der Waals surface area contributed by atoms with E-state index in [4.69, 9.17) is 10.7 Å². The van der Waals surface area contributed by atoms with Gasteiger partial charge in [0.2, 0.25) is 5.95 Å². The summed E-state index contributed by atoms with van der Waals surface area (Å²) in [6, 6.07) is 6.41. The van der Waals surface area contributed by atoms with Crippen LogP contribution in [0, 0.1) is 6.92 Å². The molecule has 28 heavy (non-hydrogen) atoms. The second-order valence-corrected chi connectivity index (χ2v) is 7.25. The van der Waals surface area contributed by atoms with E-state index >= 15 is 0 Å². The first-order valence-corrected chi connectivity index (χ1v) is 9.39. The fourth-order valence-corrected chi connectivity index (χ4v) is 3.76. The molecule has 144 valence electrons. The first-order valence-electron chi connectivity index (χ1n) is 9.39. The lowest BCUT2D eigenvalue weighted by atomic mass is 9.88. The van der Waals surface area contributed by atoms with Crippen LogP contribution in [0.3, 0.4) is 0 Å². The van der Waals surface area contributed by atoms with Crippen molar-refractivity contribution in [3.63, 3.8) is 0 Å². The summed E-state index contributed by atoms with van der Waals surface area (Å²) in [7, 11) is 0. The van der Waals surface area contributed by atoms with E-state index in [0.29, 0.717) is 17.6 Å². The van der Waals surface area contributed by atoms with Gasteiger partial charge in [-0.05, 0) is 38.0 Å². The van der Waals surface area contributed by atoms with Gasteiger partial charge in [0, 0.05) is 23.8 Å². The Hall–Kier alpha value is -3.07. The maximum Gasteiger partial charge on any atom is 0.241 e. The highest BCUT2D eigenvalue weighted by atomic mass is 19.1. The van der Waals surface area contributed by atoms with Crippen molar-refractivity contribution >= 4 is 22.6 Å². The summed E-state index contributed by atoms with van der Waals surface area (Å²) in [5.74, 6) is 1.35. The largest absolute Gasteiger partial charge is 0.350 e. The number of imidazole rings is 1. The molecule has 0 aromatic carbocycles. The Morgan fingerprint density at radius 1 is 1.25 bits per heavy atom. The van der Waals surface area contributed by atoms with Gasteiger partial charge in [0.05, 0.1) is 24.0 Å². The highest BCUT2D eigenvalue weighted by Gasteiger charge is 2.26. The van der Waals surface area contributed by atoms with Crippen LogP contribution in [0.15, 0.2) is 30.6 Å². The van der Waals surface area contributed by atoms with Gasteiger partial charge in [-0.3, -0.25) is 0 Å². The van der Waals surface area contributed by atoms with E-state index in [1.54, 1.807) is 15.3 Å². The van der Waals surface area contributed by atoms with Crippen LogP contribution in [0.1, 0.15) is 18.7 Å². The molecule has 0 atom stereocenters. The molecule has 1 fully saturated rings. The van der Waals surface area contributed by atoms with E-state index in [2.05, 4.69) is 20.4 Å². The fourth-order valence-electron chi connectivity index (χ4n) is 3.76. The molecule has 0 radical (unpaired) electrons. The molecule has 8 nitrogen and oxygen atoms in total. The lowest BCUT2D eigenvalue weighted by Gasteiger charge is -2.32. The molecular formula is C19H21FN8. The van der Waals surface area contributed by atoms with Crippen molar-refractivity contribution in [3.8, 4) is 11.3 Å². The van der Waals surface area contributed by atoms with E-state index in [-0.39, 0.29) is 12.6 Å². The number of aryl methyl sites for hydroxylation is 2. The average Bonchev–Trinajstić information content (AvgIpc) is 3.21.